The molecule has 0 unspecified atom stereocenters. The van der Waals surface area contributed by atoms with Crippen LogP contribution in [0.5, 0.6) is 0 Å². The fourth-order valence-corrected chi connectivity index (χ4v) is 2.74. The maximum absolute atomic E-state index is 9.28. The predicted octanol–water partition coefficient (Wildman–Crippen LogP) is 2.08. The third-order valence-electron chi connectivity index (χ3n) is 2.54. The standard InChI is InChI=1S/C10H11N3OS/c1-2-7-3-4-9-8(5-7)13-10(15-9)6-12(14)11-13/h3-6,11,14H,2H2,1H3. The molecule has 78 valence electrons. The van der Waals surface area contributed by atoms with Crippen LogP contribution in [-0.4, -0.2) is 10.4 Å². The van der Waals surface area contributed by atoms with Gasteiger partial charge in [0.15, 0.2) is 0 Å². The van der Waals surface area contributed by atoms with Crippen LogP contribution < -0.4 is 10.5 Å². The van der Waals surface area contributed by atoms with E-state index in [4.69, 9.17) is 0 Å². The van der Waals surface area contributed by atoms with E-state index in [0.29, 0.717) is 0 Å². The number of benzene rings is 1. The Morgan fingerprint density at radius 2 is 2.33 bits per heavy atom. The molecule has 1 aromatic rings. The Kier molecular flexibility index (Phi) is 1.92. The third kappa shape index (κ3) is 1.31. The first-order valence-electron chi connectivity index (χ1n) is 4.85. The number of nitrogens with one attached hydrogen (secondary N) is 1. The Bertz CT molecular complexity index is 446. The lowest BCUT2D eigenvalue weighted by molar-refractivity contribution is -0.0792. The molecule has 0 saturated carbocycles. The molecule has 5 heteroatoms. The molecule has 15 heavy (non-hydrogen) atoms. The van der Waals surface area contributed by atoms with Crippen molar-refractivity contribution in [3.05, 3.63) is 35.0 Å². The normalized spacial score (nSPS) is 17.9. The summed E-state index contributed by atoms with van der Waals surface area (Å²) in [6, 6.07) is 6.42. The van der Waals surface area contributed by atoms with Crippen molar-refractivity contribution in [1.82, 2.24) is 10.7 Å². The lowest BCUT2D eigenvalue weighted by Crippen LogP contribution is -2.37. The lowest BCUT2D eigenvalue weighted by Gasteiger charge is -2.17. The maximum Gasteiger partial charge on any atom is 0.118 e. The smallest absolute Gasteiger partial charge is 0.118 e. The minimum atomic E-state index is 0.976. The van der Waals surface area contributed by atoms with Gasteiger partial charge in [0, 0.05) is 4.90 Å². The maximum atomic E-state index is 9.28. The molecule has 0 saturated heterocycles. The number of rotatable bonds is 1. The zero-order valence-corrected chi connectivity index (χ0v) is 9.08. The summed E-state index contributed by atoms with van der Waals surface area (Å²) in [5.74, 6) is 0. The highest BCUT2D eigenvalue weighted by Crippen LogP contribution is 2.46. The van der Waals surface area contributed by atoms with Crippen molar-refractivity contribution >= 4 is 17.4 Å². The zero-order valence-electron chi connectivity index (χ0n) is 8.27. The van der Waals surface area contributed by atoms with E-state index >= 15 is 0 Å². The molecule has 0 radical (unpaired) electrons. The summed E-state index contributed by atoms with van der Waals surface area (Å²) < 4.78 is 0. The minimum absolute atomic E-state index is 0.976. The van der Waals surface area contributed by atoms with Gasteiger partial charge in [0.05, 0.1) is 11.9 Å². The predicted molar refractivity (Wildman–Crippen MR) is 59.0 cm³/mol. The molecule has 0 aromatic heterocycles. The van der Waals surface area contributed by atoms with E-state index < -0.39 is 0 Å². The van der Waals surface area contributed by atoms with E-state index in [1.807, 2.05) is 5.01 Å². The summed E-state index contributed by atoms with van der Waals surface area (Å²) >= 11 is 1.65. The van der Waals surface area contributed by atoms with Gasteiger partial charge in [-0.05, 0) is 24.1 Å². The summed E-state index contributed by atoms with van der Waals surface area (Å²) in [4.78, 5) is 1.22. The van der Waals surface area contributed by atoms with Gasteiger partial charge in [-0.1, -0.05) is 24.8 Å². The average Bonchev–Trinajstić information content (AvgIpc) is 2.73. The first-order chi connectivity index (χ1) is 7.28. The topological polar surface area (TPSA) is 38.7 Å². The van der Waals surface area contributed by atoms with E-state index in [0.717, 1.165) is 22.3 Å². The van der Waals surface area contributed by atoms with E-state index in [-0.39, 0.29) is 0 Å². The summed E-state index contributed by atoms with van der Waals surface area (Å²) in [7, 11) is 0. The van der Waals surface area contributed by atoms with Crippen LogP contribution in [0, 0.1) is 0 Å². The van der Waals surface area contributed by atoms with Crippen molar-refractivity contribution in [3.63, 3.8) is 0 Å². The number of fused-ring (bicyclic) bond motifs is 3. The monoisotopic (exact) mass is 221 g/mol. The van der Waals surface area contributed by atoms with Crippen LogP contribution in [-0.2, 0) is 6.42 Å². The number of anilines is 1. The largest absolute Gasteiger partial charge is 0.272 e. The fourth-order valence-electron chi connectivity index (χ4n) is 1.74. The number of hydrogen-bond donors (Lipinski definition) is 2. The van der Waals surface area contributed by atoms with Crippen LogP contribution >= 0.6 is 11.8 Å². The third-order valence-corrected chi connectivity index (χ3v) is 3.60. The van der Waals surface area contributed by atoms with Gasteiger partial charge in [-0.3, -0.25) is 5.21 Å². The molecular weight excluding hydrogens is 210 g/mol. The second-order valence-electron chi connectivity index (χ2n) is 3.51. The number of aryl methyl sites for hydroxylation is 1. The van der Waals surface area contributed by atoms with Gasteiger partial charge in [-0.15, -0.1) is 5.53 Å². The summed E-state index contributed by atoms with van der Waals surface area (Å²) in [5.41, 5.74) is 5.24. The highest BCUT2D eigenvalue weighted by atomic mass is 32.2. The highest BCUT2D eigenvalue weighted by Gasteiger charge is 2.30. The minimum Gasteiger partial charge on any atom is -0.272 e. The van der Waals surface area contributed by atoms with E-state index in [9.17, 15) is 5.21 Å². The molecule has 0 amide bonds. The molecule has 2 aliphatic rings. The van der Waals surface area contributed by atoms with Crippen molar-refractivity contribution in [2.75, 3.05) is 5.01 Å². The molecule has 1 aromatic carbocycles. The van der Waals surface area contributed by atoms with Gasteiger partial charge in [0.1, 0.15) is 5.03 Å². The molecule has 4 nitrogen and oxygen atoms in total. The molecular formula is C10H11N3OS. The van der Waals surface area contributed by atoms with Crippen LogP contribution in [0.25, 0.3) is 0 Å². The molecule has 0 bridgehead atoms. The number of hydrazine groups is 2. The van der Waals surface area contributed by atoms with Crippen LogP contribution in [0.4, 0.5) is 5.69 Å². The van der Waals surface area contributed by atoms with E-state index in [2.05, 4.69) is 30.7 Å². The van der Waals surface area contributed by atoms with Crippen molar-refractivity contribution in [3.8, 4) is 0 Å². The first-order valence-corrected chi connectivity index (χ1v) is 5.66. The SMILES string of the molecule is CCc1ccc2c(c1)N1NN(O)C=C1S2. The Morgan fingerprint density at radius 3 is 3.13 bits per heavy atom. The molecule has 2 heterocycles. The second-order valence-corrected chi connectivity index (χ2v) is 4.57. The van der Waals surface area contributed by atoms with Crippen LogP contribution in [0.15, 0.2) is 34.3 Å². The van der Waals surface area contributed by atoms with Crippen molar-refractivity contribution in [2.45, 2.75) is 18.2 Å². The summed E-state index contributed by atoms with van der Waals surface area (Å²) in [6.07, 6.45) is 2.68. The molecule has 0 atom stereocenters. The summed E-state index contributed by atoms with van der Waals surface area (Å²) in [6.45, 7) is 2.14. The Labute approximate surface area is 92.1 Å². The molecule has 2 N–H and O–H groups in total. The Morgan fingerprint density at radius 1 is 1.47 bits per heavy atom. The number of thioether (sulfide) groups is 1. The number of nitrogens with zero attached hydrogens (tertiary/aromatic N) is 2. The van der Waals surface area contributed by atoms with Gasteiger partial charge < -0.3 is 0 Å². The quantitative estimate of drug-likeness (QED) is 0.759. The molecule has 0 spiro atoms. The van der Waals surface area contributed by atoms with E-state index in [1.54, 1.807) is 18.0 Å². The molecule has 2 aliphatic heterocycles. The molecule has 0 aliphatic carbocycles. The van der Waals surface area contributed by atoms with Gasteiger partial charge in [0.25, 0.3) is 0 Å². The van der Waals surface area contributed by atoms with E-state index in [1.165, 1.54) is 10.5 Å². The number of hydroxylamine groups is 1. The molecule has 3 rings (SSSR count). The summed E-state index contributed by atoms with van der Waals surface area (Å²) in [5, 5.41) is 13.1. The number of hydrogen-bond acceptors (Lipinski definition) is 5. The van der Waals surface area contributed by atoms with Gasteiger partial charge in [0.2, 0.25) is 0 Å². The molecule has 0 fully saturated rings. The van der Waals surface area contributed by atoms with Gasteiger partial charge in [-0.25, -0.2) is 5.01 Å². The van der Waals surface area contributed by atoms with Gasteiger partial charge in [-0.2, -0.15) is 5.17 Å². The Balaban J connectivity index is 2.04. The van der Waals surface area contributed by atoms with Crippen molar-refractivity contribution in [1.29, 1.82) is 0 Å². The lowest BCUT2D eigenvalue weighted by atomic mass is 10.1. The Hall–Kier alpha value is -1.17. The van der Waals surface area contributed by atoms with Crippen molar-refractivity contribution < 1.29 is 5.21 Å². The van der Waals surface area contributed by atoms with Gasteiger partial charge >= 0.3 is 0 Å². The van der Waals surface area contributed by atoms with Crippen LogP contribution in [0.2, 0.25) is 0 Å². The van der Waals surface area contributed by atoms with Crippen LogP contribution in [0.3, 0.4) is 0 Å². The highest BCUT2D eigenvalue weighted by molar-refractivity contribution is 8.03. The van der Waals surface area contributed by atoms with Crippen molar-refractivity contribution in [2.24, 2.45) is 0 Å². The fraction of sp³-hybridized carbons (Fsp3) is 0.200. The second kappa shape index (κ2) is 3.16. The zero-order chi connectivity index (χ0) is 10.4. The van der Waals surface area contributed by atoms with Crippen LogP contribution in [0.1, 0.15) is 12.5 Å². The first kappa shape index (κ1) is 9.08. The average molecular weight is 221 g/mol.